The van der Waals surface area contributed by atoms with Crippen molar-refractivity contribution in [3.8, 4) is 0 Å². The van der Waals surface area contributed by atoms with Crippen LogP contribution in [0.25, 0.3) is 0 Å². The van der Waals surface area contributed by atoms with Crippen molar-refractivity contribution < 1.29 is 42.7 Å². The molecule has 1 amide bonds. The van der Waals surface area contributed by atoms with Gasteiger partial charge in [0.25, 0.3) is 0 Å². The van der Waals surface area contributed by atoms with Gasteiger partial charge in [0.1, 0.15) is 18.8 Å². The lowest BCUT2D eigenvalue weighted by Crippen LogP contribution is -2.45. The predicted molar refractivity (Wildman–Crippen MR) is 117 cm³/mol. The van der Waals surface area contributed by atoms with Crippen LogP contribution in [0, 0.1) is 0 Å². The lowest BCUT2D eigenvalue weighted by Gasteiger charge is -2.28. The van der Waals surface area contributed by atoms with Crippen molar-refractivity contribution in [3.05, 3.63) is 35.9 Å². The first-order chi connectivity index (χ1) is 16.1. The molecule has 0 spiro atoms. The van der Waals surface area contributed by atoms with Crippen molar-refractivity contribution in [2.24, 2.45) is 0 Å². The molecule has 1 N–H and O–H groups in total. The molecule has 3 aliphatic rings. The standard InChI is InChI=1S/C24H33NO9/c1-23(2)29-14-16(32-23)18-19(20-21(31-18)34-24(3,4)33-20)30-17(26)11-8-12-25-22(27)28-13-15-9-6-5-7-10-15/h5-7,9-10,16,18-21H,8,11-14H2,1-4H3,(H,25,27). The number of hydrogen-bond donors (Lipinski definition) is 1. The van der Waals surface area contributed by atoms with Crippen LogP contribution in [0.5, 0.6) is 0 Å². The van der Waals surface area contributed by atoms with E-state index in [4.69, 9.17) is 33.2 Å². The van der Waals surface area contributed by atoms with E-state index >= 15 is 0 Å². The van der Waals surface area contributed by atoms with E-state index in [-0.39, 0.29) is 19.6 Å². The van der Waals surface area contributed by atoms with Gasteiger partial charge in [0.05, 0.1) is 6.61 Å². The predicted octanol–water partition coefficient (Wildman–Crippen LogP) is 2.63. The number of amides is 1. The van der Waals surface area contributed by atoms with Gasteiger partial charge < -0.3 is 38.5 Å². The fourth-order valence-electron chi connectivity index (χ4n) is 4.22. The Kier molecular flexibility index (Phi) is 7.44. The molecule has 0 aromatic heterocycles. The minimum atomic E-state index is -0.846. The summed E-state index contributed by atoms with van der Waals surface area (Å²) in [5.74, 6) is -2.02. The second kappa shape index (κ2) is 10.2. The number of alkyl carbamates (subject to hydrolysis) is 1. The zero-order chi connectivity index (χ0) is 24.3. The number of rotatable bonds is 8. The molecule has 3 saturated heterocycles. The summed E-state index contributed by atoms with van der Waals surface area (Å²) in [5, 5.41) is 2.64. The third kappa shape index (κ3) is 6.25. The second-order valence-corrected chi connectivity index (χ2v) is 9.48. The number of ether oxygens (including phenoxy) is 7. The van der Waals surface area contributed by atoms with Crippen LogP contribution < -0.4 is 5.32 Å². The maximum Gasteiger partial charge on any atom is 0.407 e. The fourth-order valence-corrected chi connectivity index (χ4v) is 4.22. The number of carbonyl (C=O) groups excluding carboxylic acids is 2. The van der Waals surface area contributed by atoms with E-state index in [2.05, 4.69) is 5.32 Å². The Morgan fingerprint density at radius 1 is 1.03 bits per heavy atom. The first-order valence-electron chi connectivity index (χ1n) is 11.6. The van der Waals surface area contributed by atoms with Crippen molar-refractivity contribution >= 4 is 12.1 Å². The van der Waals surface area contributed by atoms with Gasteiger partial charge in [0, 0.05) is 13.0 Å². The van der Waals surface area contributed by atoms with E-state index in [0.717, 1.165) is 5.56 Å². The van der Waals surface area contributed by atoms with E-state index < -0.39 is 54.3 Å². The summed E-state index contributed by atoms with van der Waals surface area (Å²) in [6, 6.07) is 9.39. The molecule has 34 heavy (non-hydrogen) atoms. The van der Waals surface area contributed by atoms with E-state index in [1.54, 1.807) is 13.8 Å². The number of hydrogen-bond acceptors (Lipinski definition) is 9. The topological polar surface area (TPSA) is 111 Å². The van der Waals surface area contributed by atoms with Gasteiger partial charge in [0.15, 0.2) is 30.1 Å². The van der Waals surface area contributed by atoms with Crippen LogP contribution >= 0.6 is 0 Å². The molecule has 3 heterocycles. The Balaban J connectivity index is 1.23. The molecule has 0 saturated carbocycles. The third-order valence-corrected chi connectivity index (χ3v) is 5.73. The van der Waals surface area contributed by atoms with Gasteiger partial charge >= 0.3 is 12.1 Å². The van der Waals surface area contributed by atoms with E-state index in [9.17, 15) is 9.59 Å². The van der Waals surface area contributed by atoms with E-state index in [1.165, 1.54) is 0 Å². The molecule has 4 rings (SSSR count). The van der Waals surface area contributed by atoms with Crippen molar-refractivity contribution in [2.75, 3.05) is 13.2 Å². The maximum atomic E-state index is 12.6. The largest absolute Gasteiger partial charge is 0.456 e. The zero-order valence-electron chi connectivity index (χ0n) is 20.0. The van der Waals surface area contributed by atoms with Crippen LogP contribution in [0.3, 0.4) is 0 Å². The second-order valence-electron chi connectivity index (χ2n) is 9.48. The van der Waals surface area contributed by atoms with Crippen LogP contribution in [0.4, 0.5) is 4.79 Å². The molecular weight excluding hydrogens is 446 g/mol. The Hall–Kier alpha value is -2.24. The molecule has 1 aromatic carbocycles. The zero-order valence-corrected chi connectivity index (χ0v) is 20.0. The van der Waals surface area contributed by atoms with Crippen molar-refractivity contribution in [1.29, 1.82) is 0 Å². The van der Waals surface area contributed by atoms with Crippen LogP contribution in [-0.2, 0) is 44.6 Å². The average molecular weight is 480 g/mol. The first-order valence-corrected chi connectivity index (χ1v) is 11.6. The minimum Gasteiger partial charge on any atom is -0.456 e. The summed E-state index contributed by atoms with van der Waals surface area (Å²) in [7, 11) is 0. The Labute approximate surface area is 199 Å². The Bertz CT molecular complexity index is 859. The van der Waals surface area contributed by atoms with Gasteiger partial charge in [-0.05, 0) is 39.7 Å². The van der Waals surface area contributed by atoms with Crippen LogP contribution in [-0.4, -0.2) is 67.5 Å². The highest BCUT2D eigenvalue weighted by Gasteiger charge is 2.59. The number of carbonyl (C=O) groups is 2. The summed E-state index contributed by atoms with van der Waals surface area (Å²) in [5.41, 5.74) is 0.897. The van der Waals surface area contributed by atoms with E-state index in [0.29, 0.717) is 13.0 Å². The van der Waals surface area contributed by atoms with Crippen LogP contribution in [0.1, 0.15) is 46.1 Å². The van der Waals surface area contributed by atoms with Crippen LogP contribution in [0.15, 0.2) is 30.3 Å². The third-order valence-electron chi connectivity index (χ3n) is 5.73. The van der Waals surface area contributed by atoms with Gasteiger partial charge in [-0.2, -0.15) is 0 Å². The molecule has 5 atom stereocenters. The molecule has 10 nitrogen and oxygen atoms in total. The van der Waals surface area contributed by atoms with Crippen molar-refractivity contribution in [3.63, 3.8) is 0 Å². The SMILES string of the molecule is CC1(C)OCC(C2OC3OC(C)(C)OC3C2OC(=O)CCCNC(=O)OCc2ccccc2)O1. The van der Waals surface area contributed by atoms with E-state index in [1.807, 2.05) is 44.2 Å². The lowest BCUT2D eigenvalue weighted by atomic mass is 10.1. The molecule has 10 heteroatoms. The molecule has 0 aliphatic carbocycles. The molecule has 0 bridgehead atoms. The highest BCUT2D eigenvalue weighted by molar-refractivity contribution is 5.70. The molecule has 0 radical (unpaired) electrons. The number of fused-ring (bicyclic) bond motifs is 1. The first kappa shape index (κ1) is 24.9. The fraction of sp³-hybridized carbons (Fsp3) is 0.667. The average Bonchev–Trinajstić information content (AvgIpc) is 3.40. The summed E-state index contributed by atoms with van der Waals surface area (Å²) < 4.78 is 40.3. The summed E-state index contributed by atoms with van der Waals surface area (Å²) in [4.78, 5) is 24.4. The normalized spacial score (nSPS) is 31.1. The molecule has 3 fully saturated rings. The van der Waals surface area contributed by atoms with Gasteiger partial charge in [-0.15, -0.1) is 0 Å². The van der Waals surface area contributed by atoms with Gasteiger partial charge in [-0.25, -0.2) is 4.79 Å². The lowest BCUT2D eigenvalue weighted by molar-refractivity contribution is -0.235. The number of esters is 1. The smallest absolute Gasteiger partial charge is 0.407 e. The van der Waals surface area contributed by atoms with Gasteiger partial charge in [0.2, 0.25) is 0 Å². The molecule has 3 aliphatic heterocycles. The Morgan fingerprint density at radius 3 is 2.50 bits per heavy atom. The highest BCUT2D eigenvalue weighted by atomic mass is 16.8. The number of nitrogens with one attached hydrogen (secondary N) is 1. The summed E-state index contributed by atoms with van der Waals surface area (Å²) in [6.45, 7) is 7.97. The van der Waals surface area contributed by atoms with Gasteiger partial charge in [-0.3, -0.25) is 4.79 Å². The minimum absolute atomic E-state index is 0.108. The van der Waals surface area contributed by atoms with Crippen molar-refractivity contribution in [1.82, 2.24) is 5.32 Å². The van der Waals surface area contributed by atoms with Crippen molar-refractivity contribution in [2.45, 2.75) is 89.4 Å². The molecule has 5 unspecified atom stereocenters. The summed E-state index contributed by atoms with van der Waals surface area (Å²) in [6.07, 6.45) is -2.97. The molecule has 188 valence electrons. The monoisotopic (exact) mass is 479 g/mol. The Morgan fingerprint density at radius 2 is 1.79 bits per heavy atom. The van der Waals surface area contributed by atoms with Crippen LogP contribution in [0.2, 0.25) is 0 Å². The highest BCUT2D eigenvalue weighted by Crippen LogP contribution is 2.42. The van der Waals surface area contributed by atoms with Gasteiger partial charge in [-0.1, -0.05) is 30.3 Å². The quantitative estimate of drug-likeness (QED) is 0.444. The molecular formula is C24H33NO9. The number of benzene rings is 1. The maximum absolute atomic E-state index is 12.6. The summed E-state index contributed by atoms with van der Waals surface area (Å²) >= 11 is 0. The molecule has 1 aromatic rings.